The molecular weight excluding hydrogens is 311 g/mol. The lowest BCUT2D eigenvalue weighted by Gasteiger charge is -2.11. The topological polar surface area (TPSA) is 47.6 Å². The Bertz CT molecular complexity index is 551. The van der Waals surface area contributed by atoms with Gasteiger partial charge in [0.05, 0.1) is 13.2 Å². The van der Waals surface area contributed by atoms with Crippen molar-refractivity contribution in [1.29, 1.82) is 0 Å². The largest absolute Gasteiger partial charge is 0.491 e. The van der Waals surface area contributed by atoms with Crippen molar-refractivity contribution in [2.45, 2.75) is 25.7 Å². The second kappa shape index (κ2) is 7.68. The van der Waals surface area contributed by atoms with Crippen LogP contribution in [0.25, 0.3) is 0 Å². The van der Waals surface area contributed by atoms with E-state index in [1.54, 1.807) is 6.07 Å². The van der Waals surface area contributed by atoms with Crippen LogP contribution in [0.2, 0.25) is 0 Å². The fourth-order valence-electron chi connectivity index (χ4n) is 2.13. The van der Waals surface area contributed by atoms with Crippen LogP contribution < -0.4 is 10.1 Å². The fraction of sp³-hybridized carbons (Fsp3) is 0.562. The summed E-state index contributed by atoms with van der Waals surface area (Å²) in [4.78, 5) is 11.3. The van der Waals surface area contributed by atoms with Crippen molar-refractivity contribution in [2.24, 2.45) is 5.92 Å². The second-order valence-electron chi connectivity index (χ2n) is 5.38. The molecule has 1 atom stereocenters. The third kappa shape index (κ3) is 5.13. The molecule has 0 spiro atoms. The Hall–Kier alpha value is -1.76. The molecule has 1 fully saturated rings. The van der Waals surface area contributed by atoms with E-state index < -0.39 is 17.7 Å². The van der Waals surface area contributed by atoms with Gasteiger partial charge in [-0.15, -0.1) is 0 Å². The standard InChI is InChI=1S/C16H20F3NO3/c1-2-11-3-4-12(17)9-14(11)23-8-7-22-6-5-20-15(21)13-10-16(13,18)19/h3-4,9,13H,2,5-8,10H2,1H3,(H,20,21). The Morgan fingerprint density at radius 3 is 2.74 bits per heavy atom. The Morgan fingerprint density at radius 2 is 2.09 bits per heavy atom. The van der Waals surface area contributed by atoms with E-state index in [-0.39, 0.29) is 38.6 Å². The van der Waals surface area contributed by atoms with Gasteiger partial charge < -0.3 is 14.8 Å². The number of carbonyl (C=O) groups is 1. The number of benzene rings is 1. The highest BCUT2D eigenvalue weighted by atomic mass is 19.3. The van der Waals surface area contributed by atoms with Crippen LogP contribution in [0.5, 0.6) is 5.75 Å². The maximum Gasteiger partial charge on any atom is 0.260 e. The first-order chi connectivity index (χ1) is 10.9. The Labute approximate surface area is 133 Å². The molecule has 0 aromatic heterocycles. The number of halogens is 3. The van der Waals surface area contributed by atoms with Gasteiger partial charge in [0.2, 0.25) is 5.91 Å². The van der Waals surface area contributed by atoms with Gasteiger partial charge in [-0.05, 0) is 18.1 Å². The first-order valence-electron chi connectivity index (χ1n) is 7.58. The van der Waals surface area contributed by atoms with E-state index in [2.05, 4.69) is 5.32 Å². The summed E-state index contributed by atoms with van der Waals surface area (Å²) in [5.74, 6) is -4.55. The fourth-order valence-corrected chi connectivity index (χ4v) is 2.13. The van der Waals surface area contributed by atoms with Gasteiger partial charge in [0.15, 0.2) is 0 Å². The predicted octanol–water partition coefficient (Wildman–Crippen LogP) is 2.55. The van der Waals surface area contributed by atoms with Crippen LogP contribution in [0.3, 0.4) is 0 Å². The maximum absolute atomic E-state index is 13.2. The lowest BCUT2D eigenvalue weighted by molar-refractivity contribution is -0.124. The van der Waals surface area contributed by atoms with Gasteiger partial charge in [0, 0.05) is 19.0 Å². The molecule has 0 saturated heterocycles. The van der Waals surface area contributed by atoms with Gasteiger partial charge in [0.25, 0.3) is 5.92 Å². The third-order valence-electron chi connectivity index (χ3n) is 3.58. The first-order valence-corrected chi connectivity index (χ1v) is 7.58. The van der Waals surface area contributed by atoms with Crippen molar-refractivity contribution >= 4 is 5.91 Å². The van der Waals surface area contributed by atoms with Gasteiger partial charge in [-0.25, -0.2) is 13.2 Å². The zero-order chi connectivity index (χ0) is 16.9. The summed E-state index contributed by atoms with van der Waals surface area (Å²) in [6.07, 6.45) is 0.356. The summed E-state index contributed by atoms with van der Waals surface area (Å²) in [7, 11) is 0. The molecule has 4 nitrogen and oxygen atoms in total. The average molecular weight is 331 g/mol. The normalized spacial score (nSPS) is 18.5. The quantitative estimate of drug-likeness (QED) is 0.708. The van der Waals surface area contributed by atoms with E-state index in [1.165, 1.54) is 12.1 Å². The SMILES string of the molecule is CCc1ccc(F)cc1OCCOCCNC(=O)C1CC1(F)F. The zero-order valence-corrected chi connectivity index (χ0v) is 12.9. The number of nitrogens with one attached hydrogen (secondary N) is 1. The molecule has 0 bridgehead atoms. The number of hydrogen-bond acceptors (Lipinski definition) is 3. The zero-order valence-electron chi connectivity index (χ0n) is 12.9. The number of amides is 1. The molecule has 7 heteroatoms. The summed E-state index contributed by atoms with van der Waals surface area (Å²) in [5, 5.41) is 2.40. The van der Waals surface area contributed by atoms with Crippen LogP contribution in [0, 0.1) is 11.7 Å². The molecule has 0 heterocycles. The minimum Gasteiger partial charge on any atom is -0.491 e. The average Bonchev–Trinajstić information content (AvgIpc) is 3.15. The molecule has 1 unspecified atom stereocenters. The van der Waals surface area contributed by atoms with E-state index >= 15 is 0 Å². The highest BCUT2D eigenvalue weighted by Gasteiger charge is 2.61. The lowest BCUT2D eigenvalue weighted by Crippen LogP contribution is -2.30. The van der Waals surface area contributed by atoms with E-state index in [4.69, 9.17) is 9.47 Å². The second-order valence-corrected chi connectivity index (χ2v) is 5.38. The predicted molar refractivity (Wildman–Crippen MR) is 78.2 cm³/mol. The van der Waals surface area contributed by atoms with Gasteiger partial charge in [-0.2, -0.15) is 0 Å². The van der Waals surface area contributed by atoms with Crippen LogP contribution >= 0.6 is 0 Å². The van der Waals surface area contributed by atoms with E-state index in [9.17, 15) is 18.0 Å². The molecule has 0 aliphatic heterocycles. The number of carbonyl (C=O) groups excluding carboxylic acids is 1. The summed E-state index contributed by atoms with van der Waals surface area (Å²) >= 11 is 0. The van der Waals surface area contributed by atoms with Crippen molar-refractivity contribution in [3.8, 4) is 5.75 Å². The minimum absolute atomic E-state index is 0.172. The summed E-state index contributed by atoms with van der Waals surface area (Å²) < 4.78 is 49.1. The lowest BCUT2D eigenvalue weighted by atomic mass is 10.1. The van der Waals surface area contributed by atoms with Crippen molar-refractivity contribution in [3.05, 3.63) is 29.6 Å². The van der Waals surface area contributed by atoms with Gasteiger partial charge >= 0.3 is 0 Å². The van der Waals surface area contributed by atoms with Gasteiger partial charge in [-0.1, -0.05) is 13.0 Å². The third-order valence-corrected chi connectivity index (χ3v) is 3.58. The molecule has 1 aromatic rings. The molecule has 1 N–H and O–H groups in total. The molecule has 23 heavy (non-hydrogen) atoms. The van der Waals surface area contributed by atoms with Crippen LogP contribution in [0.4, 0.5) is 13.2 Å². The molecule has 1 aliphatic carbocycles. The van der Waals surface area contributed by atoms with Crippen molar-refractivity contribution in [1.82, 2.24) is 5.32 Å². The molecule has 0 radical (unpaired) electrons. The van der Waals surface area contributed by atoms with Crippen LogP contribution in [-0.4, -0.2) is 38.2 Å². The van der Waals surface area contributed by atoms with Crippen molar-refractivity contribution in [2.75, 3.05) is 26.4 Å². The van der Waals surface area contributed by atoms with Crippen molar-refractivity contribution < 1.29 is 27.4 Å². The van der Waals surface area contributed by atoms with Gasteiger partial charge in [0.1, 0.15) is 24.1 Å². The molecule has 1 aromatic carbocycles. The van der Waals surface area contributed by atoms with E-state index in [1.807, 2.05) is 6.92 Å². The monoisotopic (exact) mass is 331 g/mol. The Morgan fingerprint density at radius 1 is 1.35 bits per heavy atom. The molecule has 2 rings (SSSR count). The Balaban J connectivity index is 1.56. The smallest absolute Gasteiger partial charge is 0.260 e. The van der Waals surface area contributed by atoms with Crippen molar-refractivity contribution in [3.63, 3.8) is 0 Å². The number of hydrogen-bond donors (Lipinski definition) is 1. The Kier molecular flexibility index (Phi) is 5.87. The van der Waals surface area contributed by atoms with E-state index in [0.717, 1.165) is 12.0 Å². The maximum atomic E-state index is 13.2. The molecular formula is C16H20F3NO3. The van der Waals surface area contributed by atoms with Gasteiger partial charge in [-0.3, -0.25) is 4.79 Å². The van der Waals surface area contributed by atoms with E-state index in [0.29, 0.717) is 5.75 Å². The highest BCUT2D eigenvalue weighted by molar-refractivity contribution is 5.82. The molecule has 1 aliphatic rings. The summed E-state index contributed by atoms with van der Waals surface area (Å²) in [6, 6.07) is 4.39. The minimum atomic E-state index is -2.85. The number of alkyl halides is 2. The number of aryl methyl sites for hydroxylation is 1. The molecule has 128 valence electrons. The number of rotatable bonds is 9. The van der Waals surface area contributed by atoms with Crippen LogP contribution in [0.1, 0.15) is 18.9 Å². The summed E-state index contributed by atoms with van der Waals surface area (Å²) in [6.45, 7) is 2.83. The number of ether oxygens (including phenoxy) is 2. The molecule has 1 amide bonds. The first kappa shape index (κ1) is 17.6. The highest BCUT2D eigenvalue weighted by Crippen LogP contribution is 2.48. The van der Waals surface area contributed by atoms with Crippen LogP contribution in [-0.2, 0) is 16.0 Å². The summed E-state index contributed by atoms with van der Waals surface area (Å²) in [5.41, 5.74) is 0.907. The molecule has 1 saturated carbocycles. The van der Waals surface area contributed by atoms with Crippen LogP contribution in [0.15, 0.2) is 18.2 Å².